The molecule has 0 aromatic heterocycles. The molecule has 2 rings (SSSR count). The zero-order valence-corrected chi connectivity index (χ0v) is 13.2. The molecular formula is C15H22ClFN2O2. The van der Waals surface area contributed by atoms with Crippen LogP contribution in [0, 0.1) is 11.2 Å². The molecule has 1 aromatic carbocycles. The summed E-state index contributed by atoms with van der Waals surface area (Å²) in [7, 11) is 0. The molecule has 0 spiro atoms. The van der Waals surface area contributed by atoms with Gasteiger partial charge in [-0.3, -0.25) is 4.79 Å². The molecule has 0 aliphatic carbocycles. The van der Waals surface area contributed by atoms with E-state index >= 15 is 0 Å². The van der Waals surface area contributed by atoms with Gasteiger partial charge in [-0.2, -0.15) is 0 Å². The largest absolute Gasteiger partial charge is 0.484 e. The van der Waals surface area contributed by atoms with Crippen LogP contribution in [0.1, 0.15) is 20.3 Å². The van der Waals surface area contributed by atoms with Gasteiger partial charge in [0.1, 0.15) is 11.6 Å². The number of benzene rings is 1. The van der Waals surface area contributed by atoms with Crippen molar-refractivity contribution in [1.82, 2.24) is 4.90 Å². The van der Waals surface area contributed by atoms with Crippen molar-refractivity contribution in [2.75, 3.05) is 19.7 Å². The Balaban J connectivity index is 0.00000220. The average molecular weight is 317 g/mol. The Bertz CT molecular complexity index is 496. The SMILES string of the molecule is CC1(C)CN(C(=O)COc2cccc(F)c2)CCC1N.Cl. The van der Waals surface area contributed by atoms with E-state index in [1.54, 1.807) is 17.0 Å². The van der Waals surface area contributed by atoms with Crippen LogP contribution in [-0.4, -0.2) is 36.5 Å². The Morgan fingerprint density at radius 2 is 2.24 bits per heavy atom. The number of piperidine rings is 1. The van der Waals surface area contributed by atoms with Crippen molar-refractivity contribution in [2.45, 2.75) is 26.3 Å². The van der Waals surface area contributed by atoms with Crippen molar-refractivity contribution < 1.29 is 13.9 Å². The summed E-state index contributed by atoms with van der Waals surface area (Å²) in [5.74, 6) is -0.0967. The summed E-state index contributed by atoms with van der Waals surface area (Å²) in [6, 6.07) is 5.90. The molecule has 0 saturated carbocycles. The lowest BCUT2D eigenvalue weighted by Crippen LogP contribution is -2.54. The van der Waals surface area contributed by atoms with Crippen LogP contribution in [0.25, 0.3) is 0 Å². The summed E-state index contributed by atoms with van der Waals surface area (Å²) in [6.45, 7) is 5.32. The first-order valence-corrected chi connectivity index (χ1v) is 6.80. The van der Waals surface area contributed by atoms with Gasteiger partial charge in [0.25, 0.3) is 5.91 Å². The maximum Gasteiger partial charge on any atom is 0.260 e. The van der Waals surface area contributed by atoms with Crippen LogP contribution < -0.4 is 10.5 Å². The van der Waals surface area contributed by atoms with E-state index in [1.807, 2.05) is 0 Å². The fraction of sp³-hybridized carbons (Fsp3) is 0.533. The molecule has 21 heavy (non-hydrogen) atoms. The number of carbonyl (C=O) groups is 1. The number of halogens is 2. The summed E-state index contributed by atoms with van der Waals surface area (Å²) >= 11 is 0. The number of nitrogens with zero attached hydrogens (tertiary/aromatic N) is 1. The van der Waals surface area contributed by atoms with Gasteiger partial charge in [0.2, 0.25) is 0 Å². The molecule has 1 fully saturated rings. The summed E-state index contributed by atoms with van der Waals surface area (Å²) in [6.07, 6.45) is 0.790. The Hall–Kier alpha value is -1.33. The van der Waals surface area contributed by atoms with E-state index < -0.39 is 0 Å². The molecule has 1 heterocycles. The fourth-order valence-corrected chi connectivity index (χ4v) is 2.38. The van der Waals surface area contributed by atoms with Gasteiger partial charge in [-0.05, 0) is 24.0 Å². The summed E-state index contributed by atoms with van der Waals surface area (Å²) < 4.78 is 18.3. The molecule has 1 aliphatic rings. The molecule has 118 valence electrons. The quantitative estimate of drug-likeness (QED) is 0.930. The number of carbonyl (C=O) groups excluding carboxylic acids is 1. The highest BCUT2D eigenvalue weighted by molar-refractivity contribution is 5.85. The van der Waals surface area contributed by atoms with Crippen molar-refractivity contribution in [3.05, 3.63) is 30.1 Å². The second kappa shape index (κ2) is 7.09. The molecule has 0 bridgehead atoms. The van der Waals surface area contributed by atoms with Crippen molar-refractivity contribution in [3.63, 3.8) is 0 Å². The van der Waals surface area contributed by atoms with Crippen LogP contribution in [0.2, 0.25) is 0 Å². The van der Waals surface area contributed by atoms with Gasteiger partial charge in [0.05, 0.1) is 0 Å². The van der Waals surface area contributed by atoms with Crippen LogP contribution in [0.3, 0.4) is 0 Å². The molecule has 1 atom stereocenters. The molecular weight excluding hydrogens is 295 g/mol. The summed E-state index contributed by atoms with van der Waals surface area (Å²) in [4.78, 5) is 13.9. The topological polar surface area (TPSA) is 55.6 Å². The maximum absolute atomic E-state index is 13.0. The Kier molecular flexibility index (Phi) is 5.98. The zero-order chi connectivity index (χ0) is 14.8. The van der Waals surface area contributed by atoms with E-state index in [1.165, 1.54) is 12.1 Å². The first kappa shape index (κ1) is 17.7. The first-order valence-electron chi connectivity index (χ1n) is 6.80. The molecule has 2 N–H and O–H groups in total. The monoisotopic (exact) mass is 316 g/mol. The number of amides is 1. The van der Waals surface area contributed by atoms with Crippen molar-refractivity contribution >= 4 is 18.3 Å². The van der Waals surface area contributed by atoms with Crippen molar-refractivity contribution in [2.24, 2.45) is 11.1 Å². The van der Waals surface area contributed by atoms with Crippen LogP contribution in [0.5, 0.6) is 5.75 Å². The normalized spacial score (nSPS) is 20.6. The average Bonchev–Trinajstić information content (AvgIpc) is 2.39. The Labute approximate surface area is 130 Å². The molecule has 4 nitrogen and oxygen atoms in total. The molecule has 1 unspecified atom stereocenters. The number of ether oxygens (including phenoxy) is 1. The Morgan fingerprint density at radius 1 is 1.52 bits per heavy atom. The molecule has 1 amide bonds. The highest BCUT2D eigenvalue weighted by atomic mass is 35.5. The maximum atomic E-state index is 13.0. The second-order valence-corrected chi connectivity index (χ2v) is 5.95. The molecule has 6 heteroatoms. The number of rotatable bonds is 3. The third kappa shape index (κ3) is 4.58. The van der Waals surface area contributed by atoms with Crippen LogP contribution >= 0.6 is 12.4 Å². The van der Waals surface area contributed by atoms with Gasteiger partial charge in [-0.1, -0.05) is 19.9 Å². The fourth-order valence-electron chi connectivity index (χ4n) is 2.38. The highest BCUT2D eigenvalue weighted by Gasteiger charge is 2.35. The summed E-state index contributed by atoms with van der Waals surface area (Å²) in [5.41, 5.74) is 5.96. The van der Waals surface area contributed by atoms with Gasteiger partial charge >= 0.3 is 0 Å². The lowest BCUT2D eigenvalue weighted by molar-refractivity contribution is -0.136. The number of likely N-dealkylation sites (tertiary alicyclic amines) is 1. The van der Waals surface area contributed by atoms with E-state index in [2.05, 4.69) is 13.8 Å². The smallest absolute Gasteiger partial charge is 0.260 e. The number of hydrogen-bond acceptors (Lipinski definition) is 3. The molecule has 1 aromatic rings. The van der Waals surface area contributed by atoms with E-state index in [0.717, 1.165) is 6.42 Å². The first-order chi connectivity index (χ1) is 9.38. The van der Waals surface area contributed by atoms with Gasteiger partial charge in [-0.15, -0.1) is 12.4 Å². The predicted octanol–water partition coefficient (Wildman–Crippen LogP) is 2.21. The van der Waals surface area contributed by atoms with Gasteiger partial charge in [-0.25, -0.2) is 4.39 Å². The van der Waals surface area contributed by atoms with E-state index in [0.29, 0.717) is 18.8 Å². The van der Waals surface area contributed by atoms with Crippen LogP contribution in [0.4, 0.5) is 4.39 Å². The number of nitrogens with two attached hydrogens (primary N) is 1. The van der Waals surface area contributed by atoms with Crippen LogP contribution in [-0.2, 0) is 4.79 Å². The molecule has 0 radical (unpaired) electrons. The van der Waals surface area contributed by atoms with E-state index in [9.17, 15) is 9.18 Å². The Morgan fingerprint density at radius 3 is 2.86 bits per heavy atom. The third-order valence-corrected chi connectivity index (χ3v) is 3.82. The van der Waals surface area contributed by atoms with Gasteiger partial charge in [0.15, 0.2) is 6.61 Å². The standard InChI is InChI=1S/C15H21FN2O2.ClH/c1-15(2)10-18(7-6-13(15)17)14(19)9-20-12-5-3-4-11(16)8-12;/h3-5,8,13H,6-7,9-10,17H2,1-2H3;1H. The molecule has 1 aliphatic heterocycles. The molecule has 1 saturated heterocycles. The predicted molar refractivity (Wildman–Crippen MR) is 82.1 cm³/mol. The lowest BCUT2D eigenvalue weighted by atomic mass is 9.80. The third-order valence-electron chi connectivity index (χ3n) is 3.82. The number of hydrogen-bond donors (Lipinski definition) is 1. The lowest BCUT2D eigenvalue weighted by Gasteiger charge is -2.42. The highest BCUT2D eigenvalue weighted by Crippen LogP contribution is 2.27. The minimum atomic E-state index is -0.375. The minimum absolute atomic E-state index is 0. The second-order valence-electron chi connectivity index (χ2n) is 5.95. The van der Waals surface area contributed by atoms with Gasteiger partial charge < -0.3 is 15.4 Å². The van der Waals surface area contributed by atoms with E-state index in [-0.39, 0.29) is 42.2 Å². The van der Waals surface area contributed by atoms with Crippen LogP contribution in [0.15, 0.2) is 24.3 Å². The minimum Gasteiger partial charge on any atom is -0.484 e. The van der Waals surface area contributed by atoms with Crippen molar-refractivity contribution in [1.29, 1.82) is 0 Å². The zero-order valence-electron chi connectivity index (χ0n) is 12.3. The van der Waals surface area contributed by atoms with E-state index in [4.69, 9.17) is 10.5 Å². The summed E-state index contributed by atoms with van der Waals surface area (Å²) in [5, 5.41) is 0. The van der Waals surface area contributed by atoms with Crippen molar-refractivity contribution in [3.8, 4) is 5.75 Å². The van der Waals surface area contributed by atoms with Gasteiger partial charge in [0, 0.05) is 25.2 Å².